The molecular weight excluding hydrogens is 279 g/mol. The summed E-state index contributed by atoms with van der Waals surface area (Å²) in [4.78, 5) is 24.4. The number of carbonyl (C=O) groups is 2. The first kappa shape index (κ1) is 15.2. The number of ether oxygens (including phenoxy) is 1. The van der Waals surface area contributed by atoms with Gasteiger partial charge in [-0.2, -0.15) is 0 Å². The Kier molecular flexibility index (Phi) is 4.74. The molecule has 0 spiro atoms. The summed E-state index contributed by atoms with van der Waals surface area (Å²) >= 11 is 0. The van der Waals surface area contributed by atoms with Crippen molar-refractivity contribution in [2.75, 3.05) is 25.1 Å². The van der Waals surface area contributed by atoms with E-state index in [2.05, 4.69) is 5.32 Å². The zero-order valence-electron chi connectivity index (χ0n) is 11.6. The highest BCUT2D eigenvalue weighted by Crippen LogP contribution is 2.16. The van der Waals surface area contributed by atoms with Gasteiger partial charge in [0.05, 0.1) is 25.7 Å². The lowest BCUT2D eigenvalue weighted by Crippen LogP contribution is -2.51. The van der Waals surface area contributed by atoms with Gasteiger partial charge in [0, 0.05) is 12.2 Å². The summed E-state index contributed by atoms with van der Waals surface area (Å²) < 4.78 is 18.7. The number of morpholine rings is 1. The van der Waals surface area contributed by atoms with Crippen molar-refractivity contribution in [1.29, 1.82) is 0 Å². The number of aliphatic carboxylic acids is 1. The summed E-state index contributed by atoms with van der Waals surface area (Å²) in [6.07, 6.45) is -0.185. The van der Waals surface area contributed by atoms with Crippen LogP contribution in [0.4, 0.5) is 14.9 Å². The number of halogens is 1. The molecule has 0 saturated carbocycles. The van der Waals surface area contributed by atoms with Crippen LogP contribution in [-0.4, -0.2) is 47.8 Å². The van der Waals surface area contributed by atoms with Gasteiger partial charge in [0.1, 0.15) is 5.82 Å². The second-order valence-electron chi connectivity index (χ2n) is 4.91. The molecule has 1 aromatic rings. The standard InChI is InChI=1S/C14H17FN2O4/c1-9-2-3-10(6-12(9)15)16-14(20)17-4-5-21-8-11(17)7-13(18)19/h2-3,6,11H,4-5,7-8H2,1H3,(H,16,20)(H,18,19). The molecule has 21 heavy (non-hydrogen) atoms. The molecule has 0 bridgehead atoms. The summed E-state index contributed by atoms with van der Waals surface area (Å²) in [5, 5.41) is 11.4. The zero-order valence-corrected chi connectivity index (χ0v) is 11.6. The Morgan fingerprint density at radius 2 is 2.29 bits per heavy atom. The third kappa shape index (κ3) is 3.91. The number of carbonyl (C=O) groups excluding carboxylic acids is 1. The van der Waals surface area contributed by atoms with Gasteiger partial charge in [-0.3, -0.25) is 4.79 Å². The summed E-state index contributed by atoms with van der Waals surface area (Å²) in [7, 11) is 0. The van der Waals surface area contributed by atoms with Gasteiger partial charge < -0.3 is 20.1 Å². The van der Waals surface area contributed by atoms with E-state index in [-0.39, 0.29) is 13.0 Å². The lowest BCUT2D eigenvalue weighted by atomic mass is 10.1. The van der Waals surface area contributed by atoms with Gasteiger partial charge in [-0.25, -0.2) is 9.18 Å². The average Bonchev–Trinajstić information content (AvgIpc) is 2.43. The Morgan fingerprint density at radius 3 is 2.95 bits per heavy atom. The minimum atomic E-state index is -0.996. The Hall–Kier alpha value is -2.15. The van der Waals surface area contributed by atoms with Crippen LogP contribution in [0, 0.1) is 12.7 Å². The number of rotatable bonds is 3. The van der Waals surface area contributed by atoms with Gasteiger partial charge in [-0.05, 0) is 24.6 Å². The van der Waals surface area contributed by atoms with Gasteiger partial charge in [-0.15, -0.1) is 0 Å². The van der Waals surface area contributed by atoms with Crippen LogP contribution in [0.25, 0.3) is 0 Å². The number of benzene rings is 1. The van der Waals surface area contributed by atoms with Crippen molar-refractivity contribution in [3.8, 4) is 0 Å². The predicted molar refractivity (Wildman–Crippen MR) is 73.7 cm³/mol. The molecule has 6 nitrogen and oxygen atoms in total. The molecule has 1 aliphatic heterocycles. The van der Waals surface area contributed by atoms with Gasteiger partial charge in [0.2, 0.25) is 0 Å². The molecule has 0 aromatic heterocycles. The second-order valence-corrected chi connectivity index (χ2v) is 4.91. The third-order valence-corrected chi connectivity index (χ3v) is 3.32. The molecular formula is C14H17FN2O4. The number of carboxylic acid groups (broad SMARTS) is 1. The second kappa shape index (κ2) is 6.53. The zero-order chi connectivity index (χ0) is 15.4. The van der Waals surface area contributed by atoms with E-state index in [1.807, 2.05) is 0 Å². The molecule has 1 atom stereocenters. The molecule has 1 unspecified atom stereocenters. The molecule has 0 radical (unpaired) electrons. The van der Waals surface area contributed by atoms with Crippen LogP contribution in [0.15, 0.2) is 18.2 Å². The van der Waals surface area contributed by atoms with Gasteiger partial charge >= 0.3 is 12.0 Å². The number of carboxylic acids is 1. The van der Waals surface area contributed by atoms with Crippen LogP contribution in [0.2, 0.25) is 0 Å². The maximum absolute atomic E-state index is 13.5. The van der Waals surface area contributed by atoms with Crippen LogP contribution in [0.5, 0.6) is 0 Å². The molecule has 1 heterocycles. The highest BCUT2D eigenvalue weighted by atomic mass is 19.1. The Morgan fingerprint density at radius 1 is 1.52 bits per heavy atom. The van der Waals surface area contributed by atoms with Crippen molar-refractivity contribution in [3.63, 3.8) is 0 Å². The topological polar surface area (TPSA) is 78.9 Å². The Balaban J connectivity index is 2.06. The van der Waals surface area contributed by atoms with E-state index < -0.39 is 23.9 Å². The number of aryl methyl sites for hydroxylation is 1. The monoisotopic (exact) mass is 296 g/mol. The molecule has 2 N–H and O–H groups in total. The highest BCUT2D eigenvalue weighted by molar-refractivity contribution is 5.90. The predicted octanol–water partition coefficient (Wildman–Crippen LogP) is 1.84. The molecule has 114 valence electrons. The highest BCUT2D eigenvalue weighted by Gasteiger charge is 2.29. The largest absolute Gasteiger partial charge is 0.481 e. The van der Waals surface area contributed by atoms with Crippen molar-refractivity contribution in [2.45, 2.75) is 19.4 Å². The van der Waals surface area contributed by atoms with Gasteiger partial charge in [0.15, 0.2) is 0 Å². The van der Waals surface area contributed by atoms with Crippen LogP contribution < -0.4 is 5.32 Å². The van der Waals surface area contributed by atoms with Crippen molar-refractivity contribution in [1.82, 2.24) is 4.90 Å². The summed E-state index contributed by atoms with van der Waals surface area (Å²) in [5.74, 6) is -1.40. The number of amides is 2. The maximum atomic E-state index is 13.5. The molecule has 1 fully saturated rings. The average molecular weight is 296 g/mol. The van der Waals surface area contributed by atoms with E-state index in [1.54, 1.807) is 19.1 Å². The summed E-state index contributed by atoms with van der Waals surface area (Å²) in [6.45, 7) is 2.47. The van der Waals surface area contributed by atoms with E-state index in [0.29, 0.717) is 24.4 Å². The summed E-state index contributed by atoms with van der Waals surface area (Å²) in [5.41, 5.74) is 0.826. The van der Waals surface area contributed by atoms with Crippen molar-refractivity contribution in [3.05, 3.63) is 29.6 Å². The first-order chi connectivity index (χ1) is 9.97. The molecule has 2 rings (SSSR count). The fourth-order valence-corrected chi connectivity index (χ4v) is 2.16. The number of hydrogen-bond acceptors (Lipinski definition) is 3. The number of nitrogens with one attached hydrogen (secondary N) is 1. The van der Waals surface area contributed by atoms with E-state index in [9.17, 15) is 14.0 Å². The number of hydrogen-bond donors (Lipinski definition) is 2. The fraction of sp³-hybridized carbons (Fsp3) is 0.429. The molecule has 1 saturated heterocycles. The van der Waals surface area contributed by atoms with Crippen LogP contribution in [0.3, 0.4) is 0 Å². The Bertz CT molecular complexity index is 550. The van der Waals surface area contributed by atoms with Gasteiger partial charge in [-0.1, -0.05) is 6.07 Å². The lowest BCUT2D eigenvalue weighted by molar-refractivity contribution is -0.139. The first-order valence-electron chi connectivity index (χ1n) is 6.60. The molecule has 1 aromatic carbocycles. The van der Waals surface area contributed by atoms with Crippen molar-refractivity contribution < 1.29 is 23.8 Å². The lowest BCUT2D eigenvalue weighted by Gasteiger charge is -2.34. The van der Waals surface area contributed by atoms with Crippen LogP contribution in [0.1, 0.15) is 12.0 Å². The summed E-state index contributed by atoms with van der Waals surface area (Å²) in [6, 6.07) is 3.43. The minimum absolute atomic E-state index is 0.183. The smallest absolute Gasteiger partial charge is 0.322 e. The maximum Gasteiger partial charge on any atom is 0.322 e. The SMILES string of the molecule is Cc1ccc(NC(=O)N2CCOCC2CC(=O)O)cc1F. The van der Waals surface area contributed by atoms with Crippen LogP contribution >= 0.6 is 0 Å². The quantitative estimate of drug-likeness (QED) is 0.892. The van der Waals surface area contributed by atoms with Gasteiger partial charge in [0.25, 0.3) is 0 Å². The van der Waals surface area contributed by atoms with E-state index in [0.717, 1.165) is 0 Å². The third-order valence-electron chi connectivity index (χ3n) is 3.32. The minimum Gasteiger partial charge on any atom is -0.481 e. The fourth-order valence-electron chi connectivity index (χ4n) is 2.16. The van der Waals surface area contributed by atoms with Crippen LogP contribution in [-0.2, 0) is 9.53 Å². The van der Waals surface area contributed by atoms with E-state index >= 15 is 0 Å². The molecule has 7 heteroatoms. The molecule has 0 aliphatic carbocycles. The van der Waals surface area contributed by atoms with Crippen molar-refractivity contribution in [2.24, 2.45) is 0 Å². The normalized spacial score (nSPS) is 18.4. The molecule has 2 amide bonds. The van der Waals surface area contributed by atoms with Crippen molar-refractivity contribution >= 4 is 17.7 Å². The molecule has 1 aliphatic rings. The number of anilines is 1. The van der Waals surface area contributed by atoms with E-state index in [1.165, 1.54) is 11.0 Å². The first-order valence-corrected chi connectivity index (χ1v) is 6.60. The Labute approximate surface area is 121 Å². The van der Waals surface area contributed by atoms with E-state index in [4.69, 9.17) is 9.84 Å². The number of nitrogens with zero attached hydrogens (tertiary/aromatic N) is 1. The number of urea groups is 1.